The zero-order valence-electron chi connectivity index (χ0n) is 14.4. The molecule has 0 bridgehead atoms. The molecule has 134 valence electrons. The maximum Gasteiger partial charge on any atom is 0.254 e. The molecule has 3 heterocycles. The number of rotatable bonds is 3. The number of H-pyrrole nitrogens is 1. The van der Waals surface area contributed by atoms with Crippen molar-refractivity contribution in [2.45, 2.75) is 31.8 Å². The summed E-state index contributed by atoms with van der Waals surface area (Å²) >= 11 is 0. The van der Waals surface area contributed by atoms with Crippen molar-refractivity contribution in [1.82, 2.24) is 25.2 Å². The molecule has 1 aliphatic heterocycles. The van der Waals surface area contributed by atoms with Crippen molar-refractivity contribution in [3.05, 3.63) is 41.2 Å². The van der Waals surface area contributed by atoms with Crippen LogP contribution in [0.25, 0.3) is 10.9 Å². The number of carbonyl (C=O) groups excluding carboxylic acids is 1. The van der Waals surface area contributed by atoms with E-state index in [4.69, 9.17) is 9.26 Å². The topological polar surface area (TPSA) is 97.1 Å². The maximum absolute atomic E-state index is 13.0. The van der Waals surface area contributed by atoms with Gasteiger partial charge >= 0.3 is 0 Å². The summed E-state index contributed by atoms with van der Waals surface area (Å²) in [6, 6.07) is 5.57. The number of aryl methyl sites for hydroxylation is 1. The highest BCUT2D eigenvalue weighted by Crippen LogP contribution is 2.39. The van der Waals surface area contributed by atoms with Gasteiger partial charge in [0, 0.05) is 29.1 Å². The molecule has 1 aliphatic carbocycles. The first-order valence-electron chi connectivity index (χ1n) is 8.88. The molecule has 8 heteroatoms. The van der Waals surface area contributed by atoms with Gasteiger partial charge in [0.05, 0.1) is 18.7 Å². The third-order valence-corrected chi connectivity index (χ3v) is 5.02. The third-order valence-electron chi connectivity index (χ3n) is 5.02. The largest absolute Gasteiger partial charge is 0.366 e. The van der Waals surface area contributed by atoms with E-state index in [9.17, 15) is 4.79 Å². The zero-order valence-corrected chi connectivity index (χ0v) is 14.4. The van der Waals surface area contributed by atoms with Crippen LogP contribution in [0.2, 0.25) is 0 Å². The second-order valence-corrected chi connectivity index (χ2v) is 6.96. The second kappa shape index (κ2) is 5.91. The predicted octanol–water partition coefficient (Wildman–Crippen LogP) is 2.35. The first-order valence-corrected chi connectivity index (χ1v) is 8.88. The normalized spacial score (nSPS) is 20.7. The number of benzene rings is 1. The number of nitrogens with one attached hydrogen (secondary N) is 1. The molecule has 0 radical (unpaired) electrons. The van der Waals surface area contributed by atoms with Gasteiger partial charge in [-0.15, -0.1) is 0 Å². The number of nitrogens with zero attached hydrogens (tertiary/aromatic N) is 4. The minimum atomic E-state index is -0.344. The molecular weight excluding hydrogens is 334 g/mol. The van der Waals surface area contributed by atoms with E-state index in [1.54, 1.807) is 4.90 Å². The van der Waals surface area contributed by atoms with Crippen LogP contribution in [-0.2, 0) is 4.74 Å². The summed E-state index contributed by atoms with van der Waals surface area (Å²) in [5, 5.41) is 12.2. The van der Waals surface area contributed by atoms with Crippen molar-refractivity contribution < 1.29 is 14.1 Å². The average Bonchev–Trinajstić information content (AvgIpc) is 3.30. The van der Waals surface area contributed by atoms with Crippen LogP contribution in [0.4, 0.5) is 0 Å². The molecule has 1 unspecified atom stereocenters. The summed E-state index contributed by atoms with van der Waals surface area (Å²) in [6.07, 6.45) is 1.87. The number of ether oxygens (including phenoxy) is 1. The highest BCUT2D eigenvalue weighted by molar-refractivity contribution is 5.98. The molecule has 1 aromatic carbocycles. The molecule has 2 aliphatic rings. The Morgan fingerprint density at radius 1 is 1.35 bits per heavy atom. The molecule has 1 amide bonds. The number of amides is 1. The zero-order chi connectivity index (χ0) is 17.7. The van der Waals surface area contributed by atoms with Crippen molar-refractivity contribution in [3.63, 3.8) is 0 Å². The van der Waals surface area contributed by atoms with E-state index in [1.807, 2.05) is 25.1 Å². The summed E-state index contributed by atoms with van der Waals surface area (Å²) in [6.45, 7) is 3.37. The number of hydrogen-bond donors (Lipinski definition) is 1. The lowest BCUT2D eigenvalue weighted by atomic mass is 10.1. The lowest BCUT2D eigenvalue weighted by molar-refractivity contribution is -0.0276. The monoisotopic (exact) mass is 353 g/mol. The fraction of sp³-hybridized carbons (Fsp3) is 0.444. The second-order valence-electron chi connectivity index (χ2n) is 6.96. The minimum absolute atomic E-state index is 0.0216. The Morgan fingerprint density at radius 3 is 3.08 bits per heavy atom. The van der Waals surface area contributed by atoms with Crippen LogP contribution in [0.3, 0.4) is 0 Å². The van der Waals surface area contributed by atoms with E-state index in [0.717, 1.165) is 29.4 Å². The van der Waals surface area contributed by atoms with Gasteiger partial charge in [-0.05, 0) is 38.0 Å². The lowest BCUT2D eigenvalue weighted by Gasteiger charge is -2.31. The Bertz CT molecular complexity index is 974. The van der Waals surface area contributed by atoms with E-state index in [-0.39, 0.29) is 12.0 Å². The molecule has 0 spiro atoms. The van der Waals surface area contributed by atoms with Gasteiger partial charge < -0.3 is 14.2 Å². The Kier molecular flexibility index (Phi) is 3.53. The van der Waals surface area contributed by atoms with E-state index in [0.29, 0.717) is 42.9 Å². The molecule has 1 saturated carbocycles. The Hall–Kier alpha value is -2.74. The molecule has 1 saturated heterocycles. The van der Waals surface area contributed by atoms with Gasteiger partial charge in [0.15, 0.2) is 0 Å². The minimum Gasteiger partial charge on any atom is -0.366 e. The smallest absolute Gasteiger partial charge is 0.254 e. The molecule has 26 heavy (non-hydrogen) atoms. The van der Waals surface area contributed by atoms with Gasteiger partial charge in [0.1, 0.15) is 6.10 Å². The average molecular weight is 353 g/mol. The van der Waals surface area contributed by atoms with E-state index in [2.05, 4.69) is 20.3 Å². The quantitative estimate of drug-likeness (QED) is 0.776. The number of fused-ring (bicyclic) bond motifs is 1. The van der Waals surface area contributed by atoms with Gasteiger partial charge in [-0.1, -0.05) is 5.16 Å². The fourth-order valence-electron chi connectivity index (χ4n) is 3.32. The molecule has 1 atom stereocenters. The molecule has 8 nitrogen and oxygen atoms in total. The van der Waals surface area contributed by atoms with Crippen LogP contribution in [0.15, 0.2) is 22.7 Å². The molecule has 1 N–H and O–H groups in total. The SMILES string of the molecule is Cc1[nH]nc2ccc(C(=O)N3CCOC(c4noc(C5CC5)n4)C3)cc12. The Balaban J connectivity index is 1.36. The van der Waals surface area contributed by atoms with Gasteiger partial charge in [-0.2, -0.15) is 10.1 Å². The molecule has 3 aromatic rings. The Morgan fingerprint density at radius 2 is 2.23 bits per heavy atom. The standard InChI is InChI=1S/C18H19N5O3/c1-10-13-8-12(4-5-14(13)21-20-10)18(24)23-6-7-25-15(9-23)16-19-17(26-22-16)11-2-3-11/h4-5,8,11,15H,2-3,6-7,9H2,1H3,(H,20,21). The van der Waals surface area contributed by atoms with E-state index >= 15 is 0 Å². The van der Waals surface area contributed by atoms with Crippen molar-refractivity contribution in [2.24, 2.45) is 0 Å². The predicted molar refractivity (Wildman–Crippen MR) is 91.7 cm³/mol. The van der Waals surface area contributed by atoms with Crippen LogP contribution in [0.1, 0.15) is 52.6 Å². The maximum atomic E-state index is 13.0. The summed E-state index contributed by atoms with van der Waals surface area (Å²) in [5.41, 5.74) is 2.46. The van der Waals surface area contributed by atoms with Gasteiger partial charge in [-0.3, -0.25) is 9.89 Å². The Labute approximate surface area is 149 Å². The number of morpholine rings is 1. The summed E-state index contributed by atoms with van der Waals surface area (Å²) in [5.74, 6) is 1.60. The number of aromatic amines is 1. The van der Waals surface area contributed by atoms with Crippen molar-refractivity contribution >= 4 is 16.8 Å². The van der Waals surface area contributed by atoms with Gasteiger partial charge in [0.25, 0.3) is 5.91 Å². The van der Waals surface area contributed by atoms with Crippen molar-refractivity contribution in [2.75, 3.05) is 19.7 Å². The molecule has 2 fully saturated rings. The molecule has 2 aromatic heterocycles. The first-order chi connectivity index (χ1) is 12.7. The fourth-order valence-corrected chi connectivity index (χ4v) is 3.32. The summed E-state index contributed by atoms with van der Waals surface area (Å²) in [7, 11) is 0. The highest BCUT2D eigenvalue weighted by atomic mass is 16.5. The number of aromatic nitrogens is 4. The van der Waals surface area contributed by atoms with Gasteiger partial charge in [-0.25, -0.2) is 0 Å². The lowest BCUT2D eigenvalue weighted by Crippen LogP contribution is -2.42. The molecule has 5 rings (SSSR count). The summed E-state index contributed by atoms with van der Waals surface area (Å²) < 4.78 is 11.1. The molecular formula is C18H19N5O3. The van der Waals surface area contributed by atoms with Crippen molar-refractivity contribution in [1.29, 1.82) is 0 Å². The van der Waals surface area contributed by atoms with Crippen LogP contribution < -0.4 is 0 Å². The first kappa shape index (κ1) is 15.5. The van der Waals surface area contributed by atoms with E-state index < -0.39 is 0 Å². The third kappa shape index (κ3) is 2.66. The van der Waals surface area contributed by atoms with Crippen LogP contribution >= 0.6 is 0 Å². The van der Waals surface area contributed by atoms with Gasteiger partial charge in [0.2, 0.25) is 11.7 Å². The van der Waals surface area contributed by atoms with Crippen molar-refractivity contribution in [3.8, 4) is 0 Å². The number of carbonyl (C=O) groups is 1. The highest BCUT2D eigenvalue weighted by Gasteiger charge is 2.33. The van der Waals surface area contributed by atoms with Crippen LogP contribution in [0, 0.1) is 6.92 Å². The number of hydrogen-bond acceptors (Lipinski definition) is 6. The van der Waals surface area contributed by atoms with E-state index in [1.165, 1.54) is 0 Å². The summed E-state index contributed by atoms with van der Waals surface area (Å²) in [4.78, 5) is 19.2. The van der Waals surface area contributed by atoms with Crippen LogP contribution in [-0.4, -0.2) is 50.8 Å². The van der Waals surface area contributed by atoms with Crippen LogP contribution in [0.5, 0.6) is 0 Å².